The van der Waals surface area contributed by atoms with Crippen molar-refractivity contribution in [3.8, 4) is 0 Å². The molecule has 1 aliphatic rings. The summed E-state index contributed by atoms with van der Waals surface area (Å²) in [6.07, 6.45) is 0. The van der Waals surface area contributed by atoms with Gasteiger partial charge in [-0.1, -0.05) is 120 Å². The van der Waals surface area contributed by atoms with Gasteiger partial charge in [0.05, 0.1) is 0 Å². The van der Waals surface area contributed by atoms with Crippen molar-refractivity contribution < 1.29 is 0 Å². The van der Waals surface area contributed by atoms with E-state index in [0.29, 0.717) is 23.7 Å². The summed E-state index contributed by atoms with van der Waals surface area (Å²) in [7, 11) is -0.403. The van der Waals surface area contributed by atoms with Crippen LogP contribution in [0.25, 0.3) is 0 Å². The van der Waals surface area contributed by atoms with Crippen LogP contribution in [0.2, 0.25) is 0 Å². The molecule has 0 radical (unpaired) electrons. The first-order valence-electron chi connectivity index (χ1n) is 13.6. The number of rotatable bonds is 5. The SMILES string of the molecule is CC1=C(C)C(c2ccc(C(C)C)cc2C(C)C)C(C(C)C)(P(C(C)(C)C)C(C)(C)C)C(C)=C1C. The van der Waals surface area contributed by atoms with Crippen LogP contribution in [0.1, 0.15) is 145 Å². The molecule has 0 aromatic heterocycles. The highest BCUT2D eigenvalue weighted by atomic mass is 31.1. The predicted octanol–water partition coefficient (Wildman–Crippen LogP) is 11.2. The molecule has 0 spiro atoms. The largest absolute Gasteiger partial charge is 0.0838 e. The van der Waals surface area contributed by atoms with Crippen LogP contribution in [-0.2, 0) is 0 Å². The van der Waals surface area contributed by atoms with Crippen LogP contribution in [0, 0.1) is 5.92 Å². The summed E-state index contributed by atoms with van der Waals surface area (Å²) < 4.78 is 0. The van der Waals surface area contributed by atoms with E-state index in [2.05, 4.69) is 129 Å². The van der Waals surface area contributed by atoms with E-state index < -0.39 is 7.92 Å². The lowest BCUT2D eigenvalue weighted by atomic mass is 9.64. The van der Waals surface area contributed by atoms with E-state index in [4.69, 9.17) is 0 Å². The zero-order valence-electron chi connectivity index (χ0n) is 25.5. The van der Waals surface area contributed by atoms with Gasteiger partial charge in [0, 0.05) is 11.1 Å². The van der Waals surface area contributed by atoms with Crippen LogP contribution in [0.15, 0.2) is 40.5 Å². The molecule has 34 heavy (non-hydrogen) atoms. The first kappa shape index (κ1) is 29.4. The monoisotopic (exact) mass is 482 g/mol. The van der Waals surface area contributed by atoms with Crippen molar-refractivity contribution in [1.82, 2.24) is 0 Å². The lowest BCUT2D eigenvalue weighted by molar-refractivity contribution is 0.404. The van der Waals surface area contributed by atoms with Gasteiger partial charge in [0.15, 0.2) is 0 Å². The third-order valence-corrected chi connectivity index (χ3v) is 13.0. The molecule has 0 nitrogen and oxygen atoms in total. The van der Waals surface area contributed by atoms with Crippen LogP contribution in [0.3, 0.4) is 0 Å². The Morgan fingerprint density at radius 1 is 0.735 bits per heavy atom. The minimum atomic E-state index is -0.403. The number of hydrogen-bond acceptors (Lipinski definition) is 0. The fourth-order valence-electron chi connectivity index (χ4n) is 7.26. The maximum absolute atomic E-state index is 2.54. The van der Waals surface area contributed by atoms with Crippen molar-refractivity contribution in [3.05, 3.63) is 57.2 Å². The highest BCUT2D eigenvalue weighted by Gasteiger charge is 2.58. The maximum atomic E-state index is 2.54. The van der Waals surface area contributed by atoms with E-state index in [-0.39, 0.29) is 15.5 Å². The molecule has 0 aliphatic heterocycles. The van der Waals surface area contributed by atoms with E-state index in [9.17, 15) is 0 Å². The minimum Gasteiger partial charge on any atom is -0.0838 e. The summed E-state index contributed by atoms with van der Waals surface area (Å²) in [4.78, 5) is 0. The average molecular weight is 483 g/mol. The van der Waals surface area contributed by atoms with Crippen molar-refractivity contribution in [2.75, 3.05) is 0 Å². The molecule has 1 aromatic carbocycles. The summed E-state index contributed by atoms with van der Waals surface area (Å²) in [6, 6.07) is 7.49. The minimum absolute atomic E-state index is 0.114. The molecule has 0 N–H and O–H groups in total. The highest BCUT2D eigenvalue weighted by molar-refractivity contribution is 7.62. The van der Waals surface area contributed by atoms with Crippen LogP contribution < -0.4 is 0 Å². The van der Waals surface area contributed by atoms with Gasteiger partial charge in [-0.15, -0.1) is 0 Å². The molecule has 192 valence electrons. The molecular weight excluding hydrogens is 427 g/mol. The van der Waals surface area contributed by atoms with E-state index in [0.717, 1.165) is 0 Å². The van der Waals surface area contributed by atoms with Crippen molar-refractivity contribution in [3.63, 3.8) is 0 Å². The van der Waals surface area contributed by atoms with E-state index in [1.165, 1.54) is 16.7 Å². The Labute approximate surface area is 214 Å². The van der Waals surface area contributed by atoms with Crippen molar-refractivity contribution >= 4 is 7.92 Å². The van der Waals surface area contributed by atoms with Gasteiger partial charge in [-0.25, -0.2) is 0 Å². The summed E-state index contributed by atoms with van der Waals surface area (Å²) in [5.74, 6) is 2.02. The van der Waals surface area contributed by atoms with Gasteiger partial charge >= 0.3 is 0 Å². The first-order valence-corrected chi connectivity index (χ1v) is 14.9. The van der Waals surface area contributed by atoms with Crippen molar-refractivity contribution in [1.29, 1.82) is 0 Å². The Balaban J connectivity index is 3.13. The van der Waals surface area contributed by atoms with Crippen LogP contribution in [0.4, 0.5) is 0 Å². The van der Waals surface area contributed by atoms with Crippen molar-refractivity contribution in [2.24, 2.45) is 5.92 Å². The van der Waals surface area contributed by atoms with Crippen LogP contribution >= 0.6 is 7.92 Å². The fourth-order valence-corrected chi connectivity index (χ4v) is 13.1. The quantitative estimate of drug-likeness (QED) is 0.366. The zero-order valence-corrected chi connectivity index (χ0v) is 26.4. The summed E-state index contributed by atoms with van der Waals surface area (Å²) in [5, 5.41) is 0.584. The molecule has 2 unspecified atom stereocenters. The highest BCUT2D eigenvalue weighted by Crippen LogP contribution is 2.77. The number of allylic oxidation sites excluding steroid dienone is 4. The summed E-state index contributed by atoms with van der Waals surface area (Å²) in [5.41, 5.74) is 10.9. The van der Waals surface area contributed by atoms with E-state index in [1.54, 1.807) is 22.3 Å². The molecule has 0 fully saturated rings. The Morgan fingerprint density at radius 3 is 1.62 bits per heavy atom. The molecule has 0 saturated heterocycles. The molecule has 1 heteroatoms. The van der Waals surface area contributed by atoms with Gasteiger partial charge in [-0.05, 0) is 83.6 Å². The van der Waals surface area contributed by atoms with Gasteiger partial charge < -0.3 is 0 Å². The molecule has 1 aliphatic carbocycles. The summed E-state index contributed by atoms with van der Waals surface area (Å²) in [6.45, 7) is 39.2. The molecule has 0 heterocycles. The Bertz CT molecular complexity index is 941. The molecule has 2 rings (SSSR count). The van der Waals surface area contributed by atoms with Crippen molar-refractivity contribution in [2.45, 2.75) is 144 Å². The Morgan fingerprint density at radius 2 is 1.24 bits per heavy atom. The van der Waals surface area contributed by atoms with Gasteiger partial charge in [0.2, 0.25) is 0 Å². The average Bonchev–Trinajstić information content (AvgIpc) is 2.67. The molecular formula is C33H55P. The van der Waals surface area contributed by atoms with Gasteiger partial charge in [0.1, 0.15) is 0 Å². The topological polar surface area (TPSA) is 0 Å². The third kappa shape index (κ3) is 4.88. The Hall–Kier alpha value is -0.870. The van der Waals surface area contributed by atoms with E-state index in [1.807, 2.05) is 0 Å². The van der Waals surface area contributed by atoms with Crippen LogP contribution in [0.5, 0.6) is 0 Å². The van der Waals surface area contributed by atoms with Gasteiger partial charge in [-0.2, -0.15) is 0 Å². The normalized spacial score (nSPS) is 22.8. The molecule has 0 amide bonds. The second kappa shape index (κ2) is 9.88. The van der Waals surface area contributed by atoms with Gasteiger partial charge in [-0.3, -0.25) is 0 Å². The van der Waals surface area contributed by atoms with Crippen LogP contribution in [-0.4, -0.2) is 15.5 Å². The lowest BCUT2D eigenvalue weighted by Crippen LogP contribution is -2.51. The molecule has 1 aromatic rings. The first-order chi connectivity index (χ1) is 15.3. The second-order valence-electron chi connectivity index (χ2n) is 13.8. The smallest absolute Gasteiger partial charge is 0.0255 e. The van der Waals surface area contributed by atoms with Gasteiger partial charge in [0.25, 0.3) is 0 Å². The maximum Gasteiger partial charge on any atom is 0.0255 e. The fraction of sp³-hybridized carbons (Fsp3) is 0.697. The predicted molar refractivity (Wildman–Crippen MR) is 158 cm³/mol. The van der Waals surface area contributed by atoms with E-state index >= 15 is 0 Å². The summed E-state index contributed by atoms with van der Waals surface area (Å²) >= 11 is 0. The standard InChI is InChI=1S/C33H55P/c1-20(2)27-17-18-28(29(19-27)21(3)4)30-25(9)23(7)24(8)26(10)33(30,22(5)6)34(31(11,12)13)32(14,15)16/h17-22,30H,1-16H3. The Kier molecular flexibility index (Phi) is 8.53. The number of hydrogen-bond donors (Lipinski definition) is 0. The zero-order chi connectivity index (χ0) is 26.5. The molecule has 0 saturated carbocycles. The second-order valence-corrected chi connectivity index (χ2v) is 17.9. The number of benzene rings is 1. The lowest BCUT2D eigenvalue weighted by Gasteiger charge is -2.62. The third-order valence-electron chi connectivity index (χ3n) is 8.49. The molecule has 2 atom stereocenters. The molecule has 0 bridgehead atoms.